The van der Waals surface area contributed by atoms with Gasteiger partial charge in [-0.05, 0) is 29.7 Å². The molecule has 1 aromatic rings. The highest BCUT2D eigenvalue weighted by atomic mass is 32.2. The van der Waals surface area contributed by atoms with E-state index in [-0.39, 0.29) is 12.1 Å². The quantitative estimate of drug-likeness (QED) is 0.447. The van der Waals surface area contributed by atoms with Crippen LogP contribution >= 0.6 is 0 Å². The molecule has 28 heavy (non-hydrogen) atoms. The number of allylic oxidation sites excluding steroid dienone is 2. The fourth-order valence-electron chi connectivity index (χ4n) is 2.16. The average Bonchev–Trinajstić information content (AvgIpc) is 2.56. The van der Waals surface area contributed by atoms with Crippen LogP contribution in [-0.2, 0) is 21.4 Å². The third-order valence-corrected chi connectivity index (χ3v) is 4.09. The fraction of sp³-hybridized carbons (Fsp3) is 0.278. The Labute approximate surface area is 162 Å². The molecule has 1 atom stereocenters. The maximum Gasteiger partial charge on any atom is 0.407 e. The number of halogens is 3. The number of amides is 1. The highest BCUT2D eigenvalue weighted by Crippen LogP contribution is 2.24. The van der Waals surface area contributed by atoms with Gasteiger partial charge >= 0.3 is 6.18 Å². The van der Waals surface area contributed by atoms with E-state index in [1.54, 1.807) is 25.1 Å². The number of carbonyl (C=O) groups excluding carboxylic acids is 1. The van der Waals surface area contributed by atoms with Crippen LogP contribution < -0.4 is 15.8 Å². The SMILES string of the molecule is C=C/C=C(/C=C/C(=O)NCc1ccc(NS(C)(=O)=O)c(C)c1)C(N)C(F)(F)F. The molecule has 0 aliphatic carbocycles. The van der Waals surface area contributed by atoms with Crippen molar-refractivity contribution in [1.29, 1.82) is 0 Å². The molecular formula is C18H22F3N3O3S. The summed E-state index contributed by atoms with van der Waals surface area (Å²) in [7, 11) is -3.41. The van der Waals surface area contributed by atoms with Crippen LogP contribution in [0.15, 0.2) is 54.7 Å². The summed E-state index contributed by atoms with van der Waals surface area (Å²) in [6.45, 7) is 5.13. The van der Waals surface area contributed by atoms with E-state index < -0.39 is 28.1 Å². The number of rotatable bonds is 8. The van der Waals surface area contributed by atoms with E-state index in [1.807, 2.05) is 0 Å². The average molecular weight is 417 g/mol. The Balaban J connectivity index is 2.76. The fourth-order valence-corrected chi connectivity index (χ4v) is 2.79. The molecule has 1 amide bonds. The molecule has 1 rings (SSSR count). The van der Waals surface area contributed by atoms with Crippen molar-refractivity contribution in [2.45, 2.75) is 25.7 Å². The molecule has 0 bridgehead atoms. The molecule has 4 N–H and O–H groups in total. The van der Waals surface area contributed by atoms with Crippen molar-refractivity contribution in [2.75, 3.05) is 11.0 Å². The molecule has 0 heterocycles. The van der Waals surface area contributed by atoms with Gasteiger partial charge in [0.1, 0.15) is 6.04 Å². The number of anilines is 1. The molecular weight excluding hydrogens is 395 g/mol. The Bertz CT molecular complexity index is 891. The first-order valence-electron chi connectivity index (χ1n) is 8.01. The van der Waals surface area contributed by atoms with Crippen LogP contribution in [0.25, 0.3) is 0 Å². The van der Waals surface area contributed by atoms with Gasteiger partial charge in [-0.25, -0.2) is 8.42 Å². The van der Waals surface area contributed by atoms with Crippen LogP contribution in [0.4, 0.5) is 18.9 Å². The van der Waals surface area contributed by atoms with E-state index in [2.05, 4.69) is 16.6 Å². The molecule has 154 valence electrons. The van der Waals surface area contributed by atoms with Crippen molar-refractivity contribution in [3.63, 3.8) is 0 Å². The molecule has 0 saturated heterocycles. The summed E-state index contributed by atoms with van der Waals surface area (Å²) in [6, 6.07) is 2.63. The minimum atomic E-state index is -4.64. The number of aryl methyl sites for hydroxylation is 1. The van der Waals surface area contributed by atoms with Gasteiger partial charge < -0.3 is 11.1 Å². The Morgan fingerprint density at radius 1 is 1.32 bits per heavy atom. The predicted octanol–water partition coefficient (Wildman–Crippen LogP) is 2.54. The lowest BCUT2D eigenvalue weighted by molar-refractivity contribution is -0.138. The standard InChI is InChI=1S/C18H22F3N3O3S/c1-4-5-14(17(22)18(19,20)21)7-9-16(25)23-11-13-6-8-15(12(2)10-13)24-28(3,26)27/h4-10,17,24H,1,11,22H2,2-3H3,(H,23,25)/b9-7+,14-5-. The van der Waals surface area contributed by atoms with Gasteiger partial charge in [-0.1, -0.05) is 36.9 Å². The Kier molecular flexibility index (Phi) is 8.01. The number of hydrogen-bond donors (Lipinski definition) is 3. The van der Waals surface area contributed by atoms with Gasteiger partial charge in [-0.15, -0.1) is 0 Å². The number of hydrogen-bond acceptors (Lipinski definition) is 4. The summed E-state index contributed by atoms with van der Waals surface area (Å²) in [5.41, 5.74) is 6.59. The van der Waals surface area contributed by atoms with Gasteiger partial charge in [0.2, 0.25) is 15.9 Å². The first-order chi connectivity index (χ1) is 12.8. The number of sulfonamides is 1. The van der Waals surface area contributed by atoms with Crippen molar-refractivity contribution in [3.05, 3.63) is 65.8 Å². The van der Waals surface area contributed by atoms with Crippen LogP contribution in [0, 0.1) is 6.92 Å². The van der Waals surface area contributed by atoms with E-state index in [4.69, 9.17) is 5.73 Å². The molecule has 10 heteroatoms. The lowest BCUT2D eigenvalue weighted by atomic mass is 10.1. The van der Waals surface area contributed by atoms with Gasteiger partial charge in [0.15, 0.2) is 0 Å². The van der Waals surface area contributed by atoms with Crippen molar-refractivity contribution >= 4 is 21.6 Å². The molecule has 0 aromatic heterocycles. The Morgan fingerprint density at radius 3 is 2.46 bits per heavy atom. The topological polar surface area (TPSA) is 101 Å². The lowest BCUT2D eigenvalue weighted by Crippen LogP contribution is -2.38. The zero-order valence-electron chi connectivity index (χ0n) is 15.4. The molecule has 0 saturated carbocycles. The minimum absolute atomic E-state index is 0.106. The zero-order valence-corrected chi connectivity index (χ0v) is 16.2. The van der Waals surface area contributed by atoms with Gasteiger partial charge in [0, 0.05) is 12.6 Å². The van der Waals surface area contributed by atoms with Gasteiger partial charge in [0.05, 0.1) is 11.9 Å². The highest BCUT2D eigenvalue weighted by Gasteiger charge is 2.38. The van der Waals surface area contributed by atoms with E-state index in [9.17, 15) is 26.4 Å². The molecule has 0 spiro atoms. The van der Waals surface area contributed by atoms with Gasteiger partial charge in [-0.2, -0.15) is 13.2 Å². The second-order valence-corrected chi connectivity index (χ2v) is 7.74. The van der Waals surface area contributed by atoms with Crippen molar-refractivity contribution in [2.24, 2.45) is 5.73 Å². The molecule has 0 fully saturated rings. The second-order valence-electron chi connectivity index (χ2n) is 6.00. The Hall–Kier alpha value is -2.59. The van der Waals surface area contributed by atoms with Gasteiger partial charge in [-0.3, -0.25) is 9.52 Å². The van der Waals surface area contributed by atoms with E-state index >= 15 is 0 Å². The minimum Gasteiger partial charge on any atom is -0.348 e. The number of alkyl halides is 3. The zero-order chi connectivity index (χ0) is 21.5. The second kappa shape index (κ2) is 9.56. The molecule has 1 unspecified atom stereocenters. The van der Waals surface area contributed by atoms with Crippen LogP contribution in [-0.4, -0.2) is 32.8 Å². The number of benzene rings is 1. The maximum absolute atomic E-state index is 12.7. The normalized spacial score (nSPS) is 14.0. The summed E-state index contributed by atoms with van der Waals surface area (Å²) < 4.78 is 63.0. The highest BCUT2D eigenvalue weighted by molar-refractivity contribution is 7.92. The summed E-state index contributed by atoms with van der Waals surface area (Å²) in [5.74, 6) is -0.611. The summed E-state index contributed by atoms with van der Waals surface area (Å²) in [4.78, 5) is 11.9. The number of carbonyl (C=O) groups is 1. The third kappa shape index (κ3) is 7.97. The van der Waals surface area contributed by atoms with Crippen molar-refractivity contribution < 1.29 is 26.4 Å². The maximum atomic E-state index is 12.7. The van der Waals surface area contributed by atoms with Crippen LogP contribution in [0.3, 0.4) is 0 Å². The molecule has 0 aliphatic rings. The summed E-state index contributed by atoms with van der Waals surface area (Å²) in [5, 5.41) is 2.53. The lowest BCUT2D eigenvalue weighted by Gasteiger charge is -2.16. The van der Waals surface area contributed by atoms with E-state index in [0.29, 0.717) is 16.8 Å². The van der Waals surface area contributed by atoms with E-state index in [0.717, 1.165) is 30.6 Å². The molecule has 1 aromatic carbocycles. The number of nitrogens with one attached hydrogen (secondary N) is 2. The summed E-state index contributed by atoms with van der Waals surface area (Å²) >= 11 is 0. The van der Waals surface area contributed by atoms with Crippen LogP contribution in [0.5, 0.6) is 0 Å². The first-order valence-corrected chi connectivity index (χ1v) is 9.90. The molecule has 0 radical (unpaired) electrons. The summed E-state index contributed by atoms with van der Waals surface area (Å²) in [6.07, 6.45) is 0.561. The Morgan fingerprint density at radius 2 is 1.96 bits per heavy atom. The predicted molar refractivity (Wildman–Crippen MR) is 103 cm³/mol. The molecule has 0 aliphatic heterocycles. The largest absolute Gasteiger partial charge is 0.407 e. The third-order valence-electron chi connectivity index (χ3n) is 3.50. The van der Waals surface area contributed by atoms with E-state index in [1.165, 1.54) is 0 Å². The first kappa shape index (κ1) is 23.4. The molecule has 6 nitrogen and oxygen atoms in total. The van der Waals surface area contributed by atoms with Crippen molar-refractivity contribution in [1.82, 2.24) is 5.32 Å². The smallest absolute Gasteiger partial charge is 0.348 e. The monoisotopic (exact) mass is 417 g/mol. The number of nitrogens with two attached hydrogens (primary N) is 1. The van der Waals surface area contributed by atoms with Crippen molar-refractivity contribution in [3.8, 4) is 0 Å². The van der Waals surface area contributed by atoms with Gasteiger partial charge in [0.25, 0.3) is 0 Å². The van der Waals surface area contributed by atoms with Crippen LogP contribution in [0.1, 0.15) is 11.1 Å². The van der Waals surface area contributed by atoms with Crippen LogP contribution in [0.2, 0.25) is 0 Å².